The van der Waals surface area contributed by atoms with Gasteiger partial charge in [-0.2, -0.15) is 16.6 Å². The van der Waals surface area contributed by atoms with E-state index in [1.807, 2.05) is 66.7 Å². The van der Waals surface area contributed by atoms with Gasteiger partial charge in [0.2, 0.25) is 0 Å². The minimum absolute atomic E-state index is 0. The van der Waals surface area contributed by atoms with Gasteiger partial charge in [0.05, 0.1) is 42.3 Å². The van der Waals surface area contributed by atoms with E-state index in [-0.39, 0.29) is 20.1 Å². The van der Waals surface area contributed by atoms with Crippen LogP contribution in [0.1, 0.15) is 30.9 Å². The second kappa shape index (κ2) is 17.0. The van der Waals surface area contributed by atoms with Crippen LogP contribution in [0.2, 0.25) is 19.6 Å². The molecule has 309 valence electrons. The first-order valence-corrected chi connectivity index (χ1v) is 25.2. The van der Waals surface area contributed by atoms with Crippen molar-refractivity contribution in [3.8, 4) is 45.5 Å². The third kappa shape index (κ3) is 7.62. The number of imidazole rings is 1. The number of nitrogens with zero attached hydrogens (tertiary/aromatic N) is 4. The molecule has 8 heteroatoms. The van der Waals surface area contributed by atoms with E-state index in [2.05, 4.69) is 152 Å². The number of benzene rings is 7. The maximum atomic E-state index is 9.36. The summed E-state index contributed by atoms with van der Waals surface area (Å²) in [6.07, 6.45) is 2.09. The van der Waals surface area contributed by atoms with Crippen LogP contribution in [-0.2, 0) is 20.1 Å². The second-order valence-electron chi connectivity index (χ2n) is 16.9. The van der Waals surface area contributed by atoms with E-state index in [0.717, 1.165) is 77.1 Å². The van der Waals surface area contributed by atoms with Gasteiger partial charge in [0.15, 0.2) is 5.58 Å². The number of hydrogen-bond acceptors (Lipinski definition) is 5. The molecule has 1 radical (unpaired) electrons. The molecule has 0 aliphatic rings. The Bertz CT molecular complexity index is 3500. The molecule has 0 saturated heterocycles. The van der Waals surface area contributed by atoms with Crippen molar-refractivity contribution in [3.05, 3.63) is 181 Å². The Morgan fingerprint density at radius 3 is 2.27 bits per heavy atom. The Balaban J connectivity index is 0.000000213. The molecule has 11 rings (SSSR count). The summed E-state index contributed by atoms with van der Waals surface area (Å²) in [4.78, 5) is 9.89. The minimum Gasteiger partial charge on any atom is -0.454 e. The Kier molecular flexibility index (Phi) is 11.3. The largest absolute Gasteiger partial charge is 0.454 e. The van der Waals surface area contributed by atoms with Crippen molar-refractivity contribution in [3.63, 3.8) is 0 Å². The zero-order chi connectivity index (χ0) is 42.5. The zero-order valence-electron chi connectivity index (χ0n) is 35.5. The molecular weight excluding hydrogens is 985 g/mol. The molecule has 0 bridgehead atoms. The SMILES string of the molecule is CC(C)c1cc(-c2[c-]cccc2)ncc1[Si](C)(C)C.N#Cc1ccc(-c2c[c-]c(-c3nc4ccccc4n3-c3cccc4c3oc3ccccc34)c3sc4ccccc4c23)cc1.[Ir]. The number of aromatic nitrogens is 3. The Hall–Kier alpha value is -6.46. The zero-order valence-corrected chi connectivity index (χ0v) is 39.7. The molecule has 0 aliphatic heterocycles. The minimum atomic E-state index is -1.34. The van der Waals surface area contributed by atoms with Crippen LogP contribution in [0.25, 0.3) is 92.6 Å². The number of pyridine rings is 1. The average molecular weight is 1030 g/mol. The summed E-state index contributed by atoms with van der Waals surface area (Å²) in [7, 11) is -1.34. The van der Waals surface area contributed by atoms with Crippen LogP contribution in [0.5, 0.6) is 0 Å². The first-order valence-electron chi connectivity index (χ1n) is 20.9. The number of rotatable bonds is 6. The molecule has 4 aromatic heterocycles. The van der Waals surface area contributed by atoms with Gasteiger partial charge in [-0.25, -0.2) is 0 Å². The molecular formula is C55H42IrN4OSSi-2. The van der Waals surface area contributed by atoms with Gasteiger partial charge >= 0.3 is 0 Å². The van der Waals surface area contributed by atoms with Crippen molar-refractivity contribution in [2.45, 2.75) is 39.4 Å². The van der Waals surface area contributed by atoms with Gasteiger partial charge in [0, 0.05) is 41.8 Å². The summed E-state index contributed by atoms with van der Waals surface area (Å²) in [6.45, 7) is 11.7. The monoisotopic (exact) mass is 1030 g/mol. The van der Waals surface area contributed by atoms with Crippen molar-refractivity contribution in [2.24, 2.45) is 0 Å². The molecule has 63 heavy (non-hydrogen) atoms. The standard InChI is InChI=1S/C38H20N3OS.C17H22NSi.Ir/c39-22-23-16-18-24(19-17-23)25-20-21-29(37-35(25)28-9-2-6-15-34(28)43-37)38-40-30-11-3-4-12-31(30)41(38)32-13-7-10-27-26-8-1-5-14-33(26)42-36(27)32;1-13(2)15-11-16(14-9-7-6-8-10-14)18-12-17(15)19(3,4)5;/h1-20H;6-9,11-13H,1-5H3;/q2*-1;. The van der Waals surface area contributed by atoms with Gasteiger partial charge in [-0.05, 0) is 69.3 Å². The number of hydrogen-bond donors (Lipinski definition) is 0. The maximum absolute atomic E-state index is 9.36. The molecule has 0 unspecified atom stereocenters. The van der Waals surface area contributed by atoms with Crippen molar-refractivity contribution >= 4 is 77.7 Å². The summed E-state index contributed by atoms with van der Waals surface area (Å²) >= 11 is 1.76. The molecule has 0 fully saturated rings. The number of para-hydroxylation sites is 4. The molecule has 0 saturated carbocycles. The first kappa shape index (κ1) is 41.9. The molecule has 0 spiro atoms. The Morgan fingerprint density at radius 1 is 0.778 bits per heavy atom. The van der Waals surface area contributed by atoms with Crippen LogP contribution in [0.15, 0.2) is 162 Å². The van der Waals surface area contributed by atoms with Crippen LogP contribution in [0, 0.1) is 23.5 Å². The number of fused-ring (bicyclic) bond motifs is 7. The molecule has 7 aromatic carbocycles. The molecule has 0 aliphatic carbocycles. The van der Waals surface area contributed by atoms with Crippen molar-refractivity contribution < 1.29 is 24.5 Å². The van der Waals surface area contributed by atoms with Gasteiger partial charge in [-0.1, -0.05) is 140 Å². The Morgan fingerprint density at radius 2 is 1.51 bits per heavy atom. The van der Waals surface area contributed by atoms with Crippen molar-refractivity contribution in [2.75, 3.05) is 0 Å². The number of furan rings is 1. The van der Waals surface area contributed by atoms with Crippen molar-refractivity contribution in [1.82, 2.24) is 14.5 Å². The van der Waals surface area contributed by atoms with Gasteiger partial charge in [-0.15, -0.1) is 48.0 Å². The molecule has 0 atom stereocenters. The van der Waals surface area contributed by atoms with E-state index in [9.17, 15) is 5.26 Å². The van der Waals surface area contributed by atoms with Crippen LogP contribution in [0.4, 0.5) is 0 Å². The maximum Gasteiger partial charge on any atom is 0.158 e. The fourth-order valence-electron chi connectivity index (χ4n) is 8.51. The van der Waals surface area contributed by atoms with E-state index in [1.165, 1.54) is 26.2 Å². The van der Waals surface area contributed by atoms with Gasteiger partial charge < -0.3 is 14.0 Å². The molecule has 0 N–H and O–H groups in total. The van der Waals surface area contributed by atoms with Crippen molar-refractivity contribution in [1.29, 1.82) is 5.26 Å². The quantitative estimate of drug-likeness (QED) is 0.123. The third-order valence-electron chi connectivity index (χ3n) is 11.5. The molecule has 0 amide bonds. The van der Waals surface area contributed by atoms with Crippen LogP contribution in [-0.4, -0.2) is 22.6 Å². The first-order chi connectivity index (χ1) is 30.2. The van der Waals surface area contributed by atoms with E-state index >= 15 is 0 Å². The Labute approximate surface area is 385 Å². The predicted molar refractivity (Wildman–Crippen MR) is 261 cm³/mol. The number of nitriles is 1. The smallest absolute Gasteiger partial charge is 0.158 e. The van der Waals surface area contributed by atoms with E-state index in [1.54, 1.807) is 11.3 Å². The van der Waals surface area contributed by atoms with E-state index in [0.29, 0.717) is 11.5 Å². The fourth-order valence-corrected chi connectivity index (χ4v) is 11.4. The molecule has 11 aromatic rings. The predicted octanol–water partition coefficient (Wildman–Crippen LogP) is 14.5. The van der Waals surface area contributed by atoms with Gasteiger partial charge in [0.25, 0.3) is 0 Å². The van der Waals surface area contributed by atoms with E-state index < -0.39 is 8.07 Å². The van der Waals surface area contributed by atoms with Gasteiger partial charge in [-0.3, -0.25) is 4.98 Å². The van der Waals surface area contributed by atoms with Gasteiger partial charge in [0.1, 0.15) is 5.58 Å². The normalized spacial score (nSPS) is 11.6. The summed E-state index contributed by atoms with van der Waals surface area (Å²) < 4.78 is 11.0. The van der Waals surface area contributed by atoms with Crippen LogP contribution < -0.4 is 5.19 Å². The van der Waals surface area contributed by atoms with Crippen LogP contribution >= 0.6 is 11.3 Å². The third-order valence-corrected chi connectivity index (χ3v) is 14.8. The van der Waals surface area contributed by atoms with E-state index in [4.69, 9.17) is 9.40 Å². The summed E-state index contributed by atoms with van der Waals surface area (Å²) in [5, 5.41) is 15.4. The van der Waals surface area contributed by atoms with Crippen LogP contribution in [0.3, 0.4) is 0 Å². The summed E-state index contributed by atoms with van der Waals surface area (Å²) in [5.41, 5.74) is 11.8. The average Bonchev–Trinajstić information content (AvgIpc) is 4.01. The summed E-state index contributed by atoms with van der Waals surface area (Å²) in [6, 6.07) is 60.6. The number of thiophene rings is 1. The second-order valence-corrected chi connectivity index (χ2v) is 23.0. The summed E-state index contributed by atoms with van der Waals surface area (Å²) in [5.74, 6) is 1.35. The topological polar surface area (TPSA) is 67.6 Å². The fraction of sp³-hybridized carbons (Fsp3) is 0.109. The molecule has 4 heterocycles. The molecule has 5 nitrogen and oxygen atoms in total.